The molecule has 0 unspecified atom stereocenters. The molecule has 0 aromatic carbocycles. The molecule has 98 valence electrons. The van der Waals surface area contributed by atoms with E-state index >= 15 is 0 Å². The van der Waals surface area contributed by atoms with Crippen molar-refractivity contribution < 1.29 is 4.52 Å². The van der Waals surface area contributed by atoms with Crippen molar-refractivity contribution in [2.45, 2.75) is 13.8 Å². The quantitative estimate of drug-likeness (QED) is 0.572. The van der Waals surface area contributed by atoms with Crippen molar-refractivity contribution in [3.05, 3.63) is 42.0 Å². The lowest BCUT2D eigenvalue weighted by Crippen LogP contribution is -1.84. The zero-order chi connectivity index (χ0) is 13.7. The molecule has 1 N–H and O–H groups in total. The number of aromatic amines is 1. The van der Waals surface area contributed by atoms with Gasteiger partial charge in [-0.05, 0) is 32.0 Å². The maximum atomic E-state index is 5.22. The second kappa shape index (κ2) is 3.90. The van der Waals surface area contributed by atoms with Crippen LogP contribution in [0, 0.1) is 13.8 Å². The number of aromatic nitrogens is 4. The summed E-state index contributed by atoms with van der Waals surface area (Å²) in [7, 11) is 0. The molecule has 0 saturated heterocycles. The monoisotopic (exact) mass is 264 g/mol. The van der Waals surface area contributed by atoms with E-state index in [1.54, 1.807) is 6.20 Å². The van der Waals surface area contributed by atoms with Gasteiger partial charge in [-0.25, -0.2) is 0 Å². The van der Waals surface area contributed by atoms with Gasteiger partial charge in [0.2, 0.25) is 0 Å². The molecule has 0 radical (unpaired) electrons. The predicted molar refractivity (Wildman–Crippen MR) is 76.4 cm³/mol. The normalized spacial score (nSPS) is 11.5. The number of hydrogen-bond acceptors (Lipinski definition) is 4. The summed E-state index contributed by atoms with van der Waals surface area (Å²) in [6.45, 7) is 3.84. The van der Waals surface area contributed by atoms with Gasteiger partial charge in [0, 0.05) is 23.5 Å². The molecule has 0 atom stereocenters. The van der Waals surface area contributed by atoms with Crippen molar-refractivity contribution in [1.82, 2.24) is 20.1 Å². The van der Waals surface area contributed by atoms with Crippen molar-refractivity contribution in [1.29, 1.82) is 0 Å². The highest BCUT2D eigenvalue weighted by Gasteiger charge is 2.14. The smallest absolute Gasteiger partial charge is 0.141 e. The molecule has 4 heterocycles. The number of hydrogen-bond donors (Lipinski definition) is 1. The van der Waals surface area contributed by atoms with E-state index in [4.69, 9.17) is 4.52 Å². The second-order valence-electron chi connectivity index (χ2n) is 4.84. The summed E-state index contributed by atoms with van der Waals surface area (Å²) >= 11 is 0. The van der Waals surface area contributed by atoms with Gasteiger partial charge in [0.15, 0.2) is 0 Å². The van der Waals surface area contributed by atoms with Crippen LogP contribution < -0.4 is 0 Å². The molecule has 0 aliphatic rings. The molecule has 20 heavy (non-hydrogen) atoms. The Morgan fingerprint density at radius 1 is 1.10 bits per heavy atom. The predicted octanol–water partition coefficient (Wildman–Crippen LogP) is 3.38. The van der Waals surface area contributed by atoms with Gasteiger partial charge in [-0.3, -0.25) is 9.97 Å². The van der Waals surface area contributed by atoms with Crippen molar-refractivity contribution in [3.63, 3.8) is 0 Å². The Bertz CT molecular complexity index is 916. The van der Waals surface area contributed by atoms with Crippen LogP contribution in [0.3, 0.4) is 0 Å². The Morgan fingerprint density at radius 2 is 1.95 bits per heavy atom. The first-order valence-electron chi connectivity index (χ1n) is 6.40. The van der Waals surface area contributed by atoms with Crippen LogP contribution in [0.15, 0.2) is 35.1 Å². The lowest BCUT2D eigenvalue weighted by molar-refractivity contribution is 0.393. The average molecular weight is 264 g/mol. The SMILES string of the molecule is Cc1noc(C)c1-c1cnc2c(c1)[nH]c1cccnc12. The third-order valence-corrected chi connectivity index (χ3v) is 3.51. The third kappa shape index (κ3) is 1.46. The van der Waals surface area contributed by atoms with Gasteiger partial charge in [0.25, 0.3) is 0 Å². The fourth-order valence-electron chi connectivity index (χ4n) is 2.62. The Kier molecular flexibility index (Phi) is 2.18. The van der Waals surface area contributed by atoms with E-state index in [1.807, 2.05) is 32.2 Å². The molecular formula is C15H12N4O. The van der Waals surface area contributed by atoms with Gasteiger partial charge < -0.3 is 9.51 Å². The zero-order valence-electron chi connectivity index (χ0n) is 11.1. The van der Waals surface area contributed by atoms with Crippen molar-refractivity contribution in [2.75, 3.05) is 0 Å². The molecule has 0 aliphatic heterocycles. The van der Waals surface area contributed by atoms with Crippen LogP contribution in [0.4, 0.5) is 0 Å². The van der Waals surface area contributed by atoms with Crippen LogP contribution in [0.2, 0.25) is 0 Å². The van der Waals surface area contributed by atoms with Crippen LogP contribution in [0.25, 0.3) is 33.2 Å². The molecule has 0 bridgehead atoms. The first-order chi connectivity index (χ1) is 9.74. The molecule has 4 rings (SSSR count). The maximum Gasteiger partial charge on any atom is 0.141 e. The number of fused-ring (bicyclic) bond motifs is 3. The molecule has 0 amide bonds. The highest BCUT2D eigenvalue weighted by atomic mass is 16.5. The molecule has 0 spiro atoms. The minimum Gasteiger partial charge on any atom is -0.361 e. The highest BCUT2D eigenvalue weighted by molar-refractivity contribution is 6.03. The van der Waals surface area contributed by atoms with Gasteiger partial charge >= 0.3 is 0 Å². The van der Waals surface area contributed by atoms with Crippen LogP contribution in [-0.2, 0) is 0 Å². The van der Waals surface area contributed by atoms with Gasteiger partial charge in [-0.2, -0.15) is 0 Å². The fraction of sp³-hybridized carbons (Fsp3) is 0.133. The minimum atomic E-state index is 0.804. The molecule has 4 aromatic heterocycles. The topological polar surface area (TPSA) is 67.6 Å². The van der Waals surface area contributed by atoms with Gasteiger partial charge in [0.05, 0.1) is 16.7 Å². The first-order valence-corrected chi connectivity index (χ1v) is 6.40. The summed E-state index contributed by atoms with van der Waals surface area (Å²) in [4.78, 5) is 12.3. The number of nitrogens with zero attached hydrogens (tertiary/aromatic N) is 3. The van der Waals surface area contributed by atoms with Crippen LogP contribution in [0.1, 0.15) is 11.5 Å². The van der Waals surface area contributed by atoms with Crippen LogP contribution in [-0.4, -0.2) is 20.1 Å². The third-order valence-electron chi connectivity index (χ3n) is 3.51. The number of H-pyrrole nitrogens is 1. The molecule has 0 fully saturated rings. The molecule has 5 nitrogen and oxygen atoms in total. The van der Waals surface area contributed by atoms with Gasteiger partial charge in [0.1, 0.15) is 16.8 Å². The minimum absolute atomic E-state index is 0.804. The number of nitrogens with one attached hydrogen (secondary N) is 1. The van der Waals surface area contributed by atoms with Crippen molar-refractivity contribution in [2.24, 2.45) is 0 Å². The van der Waals surface area contributed by atoms with E-state index in [9.17, 15) is 0 Å². The molecule has 5 heteroatoms. The Balaban J connectivity index is 2.02. The van der Waals surface area contributed by atoms with Crippen LogP contribution >= 0.6 is 0 Å². The largest absolute Gasteiger partial charge is 0.361 e. The van der Waals surface area contributed by atoms with E-state index in [1.165, 1.54) is 0 Å². The van der Waals surface area contributed by atoms with E-state index in [-0.39, 0.29) is 0 Å². The average Bonchev–Trinajstić information content (AvgIpc) is 2.98. The molecule has 0 saturated carbocycles. The lowest BCUT2D eigenvalue weighted by Gasteiger charge is -1.99. The number of aryl methyl sites for hydroxylation is 2. The summed E-state index contributed by atoms with van der Waals surface area (Å²) in [5, 5.41) is 3.99. The van der Waals surface area contributed by atoms with E-state index < -0.39 is 0 Å². The summed E-state index contributed by atoms with van der Waals surface area (Å²) in [6.07, 6.45) is 3.62. The summed E-state index contributed by atoms with van der Waals surface area (Å²) in [5.41, 5.74) is 6.62. The molecular weight excluding hydrogens is 252 g/mol. The number of pyridine rings is 2. The van der Waals surface area contributed by atoms with Gasteiger partial charge in [-0.1, -0.05) is 5.16 Å². The van der Waals surface area contributed by atoms with E-state index in [2.05, 4.69) is 26.2 Å². The Hall–Kier alpha value is -2.69. The van der Waals surface area contributed by atoms with Crippen molar-refractivity contribution in [3.8, 4) is 11.1 Å². The highest BCUT2D eigenvalue weighted by Crippen LogP contribution is 2.30. The maximum absolute atomic E-state index is 5.22. The fourth-order valence-corrected chi connectivity index (χ4v) is 2.62. The summed E-state index contributed by atoms with van der Waals surface area (Å²) in [6, 6.07) is 5.98. The first kappa shape index (κ1) is 11.2. The van der Waals surface area contributed by atoms with E-state index in [0.717, 1.165) is 44.6 Å². The lowest BCUT2D eigenvalue weighted by atomic mass is 10.1. The standard InChI is InChI=1S/C15H12N4O/c1-8-13(9(2)20-19-8)10-6-12-15(17-7-10)14-11(18-12)4-3-5-16-14/h3-7,18H,1-2H3. The summed E-state index contributed by atoms with van der Waals surface area (Å²) in [5.74, 6) is 0.804. The molecule has 0 aliphatic carbocycles. The van der Waals surface area contributed by atoms with Gasteiger partial charge in [-0.15, -0.1) is 0 Å². The van der Waals surface area contributed by atoms with E-state index in [0.29, 0.717) is 0 Å². The number of rotatable bonds is 1. The Morgan fingerprint density at radius 3 is 2.75 bits per heavy atom. The van der Waals surface area contributed by atoms with Crippen LogP contribution in [0.5, 0.6) is 0 Å². The van der Waals surface area contributed by atoms with Crippen molar-refractivity contribution >= 4 is 22.1 Å². The second-order valence-corrected chi connectivity index (χ2v) is 4.84. The zero-order valence-corrected chi connectivity index (χ0v) is 11.1. The Labute approximate surface area is 114 Å². The molecule has 4 aromatic rings. The summed E-state index contributed by atoms with van der Waals surface area (Å²) < 4.78 is 5.22.